The first kappa shape index (κ1) is 25.9. The fourth-order valence-electron chi connectivity index (χ4n) is 4.56. The Labute approximate surface area is 222 Å². The Morgan fingerprint density at radius 1 is 0.684 bits per heavy atom. The highest BCUT2D eigenvalue weighted by atomic mass is 32.2. The van der Waals surface area contributed by atoms with Crippen molar-refractivity contribution in [1.82, 2.24) is 0 Å². The molecule has 0 aromatic heterocycles. The van der Waals surface area contributed by atoms with Gasteiger partial charge in [-0.3, -0.25) is 5.21 Å². The lowest BCUT2D eigenvalue weighted by atomic mass is 10.2. The van der Waals surface area contributed by atoms with Gasteiger partial charge in [0.05, 0.1) is 33.0 Å². The summed E-state index contributed by atoms with van der Waals surface area (Å²) < 4.78 is 55.4. The zero-order chi connectivity index (χ0) is 26.8. The largest absolute Gasteiger partial charge is 0.286 e. The molecule has 10 heteroatoms. The zero-order valence-electron chi connectivity index (χ0n) is 20.2. The summed E-state index contributed by atoms with van der Waals surface area (Å²) in [6.45, 7) is 0. The van der Waals surface area contributed by atoms with Crippen molar-refractivity contribution in [2.24, 2.45) is 0 Å². The van der Waals surface area contributed by atoms with Gasteiger partial charge in [-0.25, -0.2) is 31.8 Å². The summed E-state index contributed by atoms with van der Waals surface area (Å²) in [5.74, 6) is -0.568. The van der Waals surface area contributed by atoms with Crippen molar-refractivity contribution >= 4 is 31.0 Å². The Kier molecular flexibility index (Phi) is 7.22. The van der Waals surface area contributed by atoms with E-state index in [0.29, 0.717) is 11.4 Å². The molecule has 1 N–H and O–H groups in total. The average molecular weight is 551 g/mol. The third-order valence-corrected chi connectivity index (χ3v) is 10.3. The number of anilines is 2. The van der Waals surface area contributed by atoms with Crippen LogP contribution in [-0.2, 0) is 24.5 Å². The maximum Gasteiger partial charge on any atom is 0.200 e. The van der Waals surface area contributed by atoms with Crippen LogP contribution in [0.25, 0.3) is 0 Å². The predicted molar refractivity (Wildman–Crippen MR) is 144 cm³/mol. The molecule has 1 aliphatic rings. The van der Waals surface area contributed by atoms with Crippen LogP contribution in [0.5, 0.6) is 0 Å². The molecule has 0 spiro atoms. The van der Waals surface area contributed by atoms with Gasteiger partial charge in [-0.15, -0.1) is 0 Å². The van der Waals surface area contributed by atoms with Crippen molar-refractivity contribution in [3.63, 3.8) is 0 Å². The molecule has 1 aliphatic heterocycles. The summed E-state index contributed by atoms with van der Waals surface area (Å²) in [5.41, 5.74) is 0.753. The molecule has 38 heavy (non-hydrogen) atoms. The van der Waals surface area contributed by atoms with Crippen LogP contribution in [0.4, 0.5) is 11.4 Å². The number of rotatable bonds is 8. The molecule has 8 nitrogen and oxygen atoms in total. The Hall–Kier alpha value is -3.70. The second-order valence-corrected chi connectivity index (χ2v) is 13.0. The maximum absolute atomic E-state index is 14.2. The maximum atomic E-state index is 14.2. The van der Waals surface area contributed by atoms with E-state index in [1.54, 1.807) is 97.1 Å². The lowest BCUT2D eigenvalue weighted by Gasteiger charge is -2.28. The minimum Gasteiger partial charge on any atom is -0.286 e. The molecule has 1 heterocycles. The number of hydroxylamine groups is 2. The number of benzene rings is 4. The molecule has 5 rings (SSSR count). The van der Waals surface area contributed by atoms with Gasteiger partial charge < -0.3 is 0 Å². The summed E-state index contributed by atoms with van der Waals surface area (Å²) in [6, 6.07) is 31.5. The third-order valence-electron chi connectivity index (χ3n) is 6.38. The SMILES string of the molecule is O=S(=O)(CC1C(S(=O)(=O)c2ccccc2)C(N(O)c2ccccc2)ON1c1ccccc1)c1ccccc1. The molecule has 196 valence electrons. The number of hydrogen-bond acceptors (Lipinski definition) is 8. The van der Waals surface area contributed by atoms with Gasteiger partial charge in [0.25, 0.3) is 0 Å². The van der Waals surface area contributed by atoms with Crippen LogP contribution in [0.2, 0.25) is 0 Å². The van der Waals surface area contributed by atoms with Gasteiger partial charge >= 0.3 is 0 Å². The molecule has 0 aliphatic carbocycles. The standard InChI is InChI=1S/C28H26N2O6S2/c31-29(22-13-5-1-6-14-22)28-27(38(34,35)25-19-11-4-12-20-25)26(30(36-28)23-15-7-2-8-16-23)21-37(32,33)24-17-9-3-10-18-24/h1-20,26-28,31H,21H2. The fourth-order valence-corrected chi connectivity index (χ4v) is 8.18. The lowest BCUT2D eigenvalue weighted by Crippen LogP contribution is -2.49. The van der Waals surface area contributed by atoms with Crippen LogP contribution in [0.3, 0.4) is 0 Å². The van der Waals surface area contributed by atoms with Gasteiger partial charge in [0, 0.05) is 0 Å². The molecular formula is C28H26N2O6S2. The van der Waals surface area contributed by atoms with Crippen molar-refractivity contribution in [3.05, 3.63) is 121 Å². The third kappa shape index (κ3) is 5.03. The van der Waals surface area contributed by atoms with Crippen LogP contribution in [0.15, 0.2) is 131 Å². The first-order valence-electron chi connectivity index (χ1n) is 11.9. The van der Waals surface area contributed by atoms with E-state index in [0.717, 1.165) is 5.06 Å². The smallest absolute Gasteiger partial charge is 0.200 e. The molecule has 3 unspecified atom stereocenters. The normalized spacial score (nSPS) is 19.8. The van der Waals surface area contributed by atoms with Crippen molar-refractivity contribution < 1.29 is 26.9 Å². The van der Waals surface area contributed by atoms with E-state index < -0.39 is 42.9 Å². The summed E-state index contributed by atoms with van der Waals surface area (Å²) in [7, 11) is -8.18. The first-order valence-corrected chi connectivity index (χ1v) is 15.1. The first-order chi connectivity index (χ1) is 18.3. The van der Waals surface area contributed by atoms with Gasteiger partial charge in [0.2, 0.25) is 0 Å². The number of para-hydroxylation sites is 2. The molecule has 0 bridgehead atoms. The minimum absolute atomic E-state index is 0.00270. The molecule has 1 saturated heterocycles. The summed E-state index contributed by atoms with van der Waals surface area (Å²) in [4.78, 5) is 6.21. The second-order valence-electron chi connectivity index (χ2n) is 8.82. The van der Waals surface area contributed by atoms with Crippen molar-refractivity contribution in [2.75, 3.05) is 15.9 Å². The van der Waals surface area contributed by atoms with Crippen LogP contribution >= 0.6 is 0 Å². The van der Waals surface area contributed by atoms with E-state index in [9.17, 15) is 22.0 Å². The molecule has 4 aromatic carbocycles. The molecule has 0 saturated carbocycles. The Morgan fingerprint density at radius 2 is 1.16 bits per heavy atom. The minimum atomic E-state index is -4.22. The topological polar surface area (TPSA) is 104 Å². The molecule has 0 radical (unpaired) electrons. The monoisotopic (exact) mass is 550 g/mol. The number of sulfone groups is 2. The van der Waals surface area contributed by atoms with Crippen LogP contribution in [0, 0.1) is 0 Å². The second kappa shape index (κ2) is 10.6. The highest BCUT2D eigenvalue weighted by Gasteiger charge is 2.55. The predicted octanol–water partition coefficient (Wildman–Crippen LogP) is 4.35. The van der Waals surface area contributed by atoms with E-state index in [1.165, 1.54) is 29.3 Å². The molecule has 3 atom stereocenters. The Bertz CT molecular complexity index is 1570. The molecule has 4 aromatic rings. The van der Waals surface area contributed by atoms with Crippen molar-refractivity contribution in [2.45, 2.75) is 27.3 Å². The lowest BCUT2D eigenvalue weighted by molar-refractivity contribution is 0.0221. The fraction of sp³-hybridized carbons (Fsp3) is 0.143. The van der Waals surface area contributed by atoms with E-state index in [1.807, 2.05) is 0 Å². The highest BCUT2D eigenvalue weighted by molar-refractivity contribution is 7.93. The Morgan fingerprint density at radius 3 is 1.71 bits per heavy atom. The number of nitrogens with zero attached hydrogens (tertiary/aromatic N) is 2. The van der Waals surface area contributed by atoms with Crippen molar-refractivity contribution in [3.8, 4) is 0 Å². The van der Waals surface area contributed by atoms with Crippen LogP contribution < -0.4 is 10.1 Å². The summed E-state index contributed by atoms with van der Waals surface area (Å²) in [6.07, 6.45) is -1.45. The van der Waals surface area contributed by atoms with Gasteiger partial charge in [0.15, 0.2) is 25.9 Å². The molecular weight excluding hydrogens is 524 g/mol. The van der Waals surface area contributed by atoms with E-state index in [2.05, 4.69) is 0 Å². The van der Waals surface area contributed by atoms with E-state index in [4.69, 9.17) is 4.84 Å². The van der Waals surface area contributed by atoms with Crippen LogP contribution in [0.1, 0.15) is 0 Å². The zero-order valence-corrected chi connectivity index (χ0v) is 21.8. The summed E-state index contributed by atoms with van der Waals surface area (Å²) in [5, 5.41) is 11.8. The van der Waals surface area contributed by atoms with Gasteiger partial charge in [-0.05, 0) is 48.5 Å². The molecule has 0 amide bonds. The average Bonchev–Trinajstić information content (AvgIpc) is 3.33. The van der Waals surface area contributed by atoms with E-state index >= 15 is 0 Å². The van der Waals surface area contributed by atoms with Crippen LogP contribution in [-0.4, -0.2) is 45.3 Å². The highest BCUT2D eigenvalue weighted by Crippen LogP contribution is 2.38. The van der Waals surface area contributed by atoms with Gasteiger partial charge in [-0.2, -0.15) is 0 Å². The van der Waals surface area contributed by atoms with Crippen molar-refractivity contribution in [1.29, 1.82) is 0 Å². The molecule has 1 fully saturated rings. The van der Waals surface area contributed by atoms with Gasteiger partial charge in [0.1, 0.15) is 5.25 Å². The quantitative estimate of drug-likeness (QED) is 0.323. The van der Waals surface area contributed by atoms with E-state index in [-0.39, 0.29) is 9.79 Å². The van der Waals surface area contributed by atoms with Gasteiger partial charge in [-0.1, -0.05) is 72.8 Å². The number of hydrogen-bond donors (Lipinski definition) is 1. The summed E-state index contributed by atoms with van der Waals surface area (Å²) >= 11 is 0. The Balaban J connectivity index is 1.67.